The van der Waals surface area contributed by atoms with E-state index in [1.165, 1.54) is 11.1 Å². The highest BCUT2D eigenvalue weighted by atomic mass is 16.5. The predicted molar refractivity (Wildman–Crippen MR) is 103 cm³/mol. The number of rotatable bonds is 6. The van der Waals surface area contributed by atoms with E-state index < -0.39 is 0 Å². The van der Waals surface area contributed by atoms with Gasteiger partial charge in [-0.2, -0.15) is 0 Å². The maximum absolute atomic E-state index is 12.2. The summed E-state index contributed by atoms with van der Waals surface area (Å²) in [6.45, 7) is 7.55. The maximum Gasteiger partial charge on any atom is 0.257 e. The van der Waals surface area contributed by atoms with Crippen molar-refractivity contribution in [3.05, 3.63) is 59.2 Å². The second-order valence-electron chi connectivity index (χ2n) is 7.26. The molecule has 2 aromatic carbocycles. The van der Waals surface area contributed by atoms with Crippen LogP contribution in [0, 0.1) is 12.8 Å². The van der Waals surface area contributed by atoms with Gasteiger partial charge in [-0.1, -0.05) is 44.2 Å². The zero-order chi connectivity index (χ0) is 18.5. The van der Waals surface area contributed by atoms with Gasteiger partial charge in [-0.3, -0.25) is 4.79 Å². The number of aryl methyl sites for hydroxylation is 1. The van der Waals surface area contributed by atoms with Crippen LogP contribution in [0.2, 0.25) is 0 Å². The van der Waals surface area contributed by atoms with Gasteiger partial charge in [0.1, 0.15) is 11.5 Å². The maximum atomic E-state index is 12.2. The number of hydrogen-bond acceptors (Lipinski definition) is 3. The van der Waals surface area contributed by atoms with Gasteiger partial charge in [-0.25, -0.2) is 0 Å². The summed E-state index contributed by atoms with van der Waals surface area (Å²) in [6.07, 6.45) is 0.923. The van der Waals surface area contributed by atoms with Gasteiger partial charge < -0.3 is 14.8 Å². The van der Waals surface area contributed by atoms with E-state index in [9.17, 15) is 4.79 Å². The first kappa shape index (κ1) is 18.3. The molecule has 1 N–H and O–H groups in total. The Bertz CT molecular complexity index is 770. The van der Waals surface area contributed by atoms with Crippen molar-refractivity contribution in [2.24, 2.45) is 5.92 Å². The summed E-state index contributed by atoms with van der Waals surface area (Å²) in [5.41, 5.74) is 3.46. The lowest BCUT2D eigenvalue weighted by atomic mass is 9.97. The minimum atomic E-state index is -0.0989. The third-order valence-corrected chi connectivity index (χ3v) is 4.78. The monoisotopic (exact) mass is 353 g/mol. The number of ether oxygens (including phenoxy) is 2. The van der Waals surface area contributed by atoms with E-state index in [1.807, 2.05) is 37.3 Å². The molecule has 0 spiro atoms. The minimum Gasteiger partial charge on any atom is -0.493 e. The Balaban J connectivity index is 1.47. The van der Waals surface area contributed by atoms with Gasteiger partial charge in [0.05, 0.1) is 6.61 Å². The number of amides is 1. The summed E-state index contributed by atoms with van der Waals surface area (Å²) in [7, 11) is 0. The highest BCUT2D eigenvalue weighted by Gasteiger charge is 2.20. The highest BCUT2D eigenvalue weighted by Crippen LogP contribution is 2.26. The van der Waals surface area contributed by atoms with Gasteiger partial charge in [0.2, 0.25) is 0 Å². The molecule has 0 fully saturated rings. The van der Waals surface area contributed by atoms with Crippen LogP contribution in [0.5, 0.6) is 11.5 Å². The summed E-state index contributed by atoms with van der Waals surface area (Å²) in [6, 6.07) is 14.2. The lowest BCUT2D eigenvalue weighted by Gasteiger charge is -2.25. The molecule has 4 heteroatoms. The van der Waals surface area contributed by atoms with Crippen LogP contribution in [0.15, 0.2) is 42.5 Å². The lowest BCUT2D eigenvalue weighted by Crippen LogP contribution is -2.37. The fraction of sp³-hybridized carbons (Fsp3) is 0.409. The largest absolute Gasteiger partial charge is 0.493 e. The first-order chi connectivity index (χ1) is 12.5. The molecule has 1 aliphatic heterocycles. The molecular formula is C22H27NO3. The average molecular weight is 353 g/mol. The van der Waals surface area contributed by atoms with E-state index in [2.05, 4.69) is 31.3 Å². The molecule has 1 unspecified atom stereocenters. The van der Waals surface area contributed by atoms with Crippen LogP contribution in [0.3, 0.4) is 0 Å². The van der Waals surface area contributed by atoms with Crippen molar-refractivity contribution in [3.63, 3.8) is 0 Å². The van der Waals surface area contributed by atoms with Crippen LogP contribution in [-0.2, 0) is 11.2 Å². The van der Waals surface area contributed by atoms with Gasteiger partial charge in [0.15, 0.2) is 6.61 Å². The SMILES string of the molecule is Cc1ccc(C(C)C)cc1OCC(=O)NCC1COc2ccccc2C1. The van der Waals surface area contributed by atoms with Gasteiger partial charge >= 0.3 is 0 Å². The Morgan fingerprint density at radius 2 is 2.08 bits per heavy atom. The molecule has 3 rings (SSSR count). The quantitative estimate of drug-likeness (QED) is 0.858. The Morgan fingerprint density at radius 1 is 1.27 bits per heavy atom. The van der Waals surface area contributed by atoms with Crippen molar-refractivity contribution in [2.75, 3.05) is 19.8 Å². The molecule has 0 bridgehead atoms. The summed E-state index contributed by atoms with van der Waals surface area (Å²) >= 11 is 0. The fourth-order valence-corrected chi connectivity index (χ4v) is 3.11. The molecule has 138 valence electrons. The molecule has 1 aliphatic rings. The van der Waals surface area contributed by atoms with Crippen molar-refractivity contribution >= 4 is 5.91 Å². The molecule has 0 aliphatic carbocycles. The zero-order valence-electron chi connectivity index (χ0n) is 15.7. The fourth-order valence-electron chi connectivity index (χ4n) is 3.11. The highest BCUT2D eigenvalue weighted by molar-refractivity contribution is 5.77. The standard InChI is InChI=1S/C22H27NO3/c1-15(2)18-9-8-16(3)21(11-18)26-14-22(24)23-12-17-10-19-6-4-5-7-20(19)25-13-17/h4-9,11,15,17H,10,12-14H2,1-3H3,(H,23,24). The molecule has 1 heterocycles. The number of fused-ring (bicyclic) bond motifs is 1. The smallest absolute Gasteiger partial charge is 0.257 e. The molecule has 0 saturated heterocycles. The van der Waals surface area contributed by atoms with E-state index in [0.717, 1.165) is 23.5 Å². The average Bonchev–Trinajstić information content (AvgIpc) is 2.65. The number of nitrogens with one attached hydrogen (secondary N) is 1. The summed E-state index contributed by atoms with van der Waals surface area (Å²) in [5, 5.41) is 2.97. The number of carbonyl (C=O) groups is 1. The normalized spacial score (nSPS) is 15.9. The van der Waals surface area contributed by atoms with Crippen molar-refractivity contribution in [2.45, 2.75) is 33.1 Å². The molecular weight excluding hydrogens is 326 g/mol. The summed E-state index contributed by atoms with van der Waals surface area (Å²) in [5.74, 6) is 2.36. The van der Waals surface area contributed by atoms with Crippen molar-refractivity contribution in [1.82, 2.24) is 5.32 Å². The van der Waals surface area contributed by atoms with E-state index in [4.69, 9.17) is 9.47 Å². The second-order valence-corrected chi connectivity index (χ2v) is 7.26. The first-order valence-electron chi connectivity index (χ1n) is 9.23. The van der Waals surface area contributed by atoms with Crippen LogP contribution < -0.4 is 14.8 Å². The van der Waals surface area contributed by atoms with E-state index >= 15 is 0 Å². The summed E-state index contributed by atoms with van der Waals surface area (Å²) in [4.78, 5) is 12.2. The molecule has 0 aromatic heterocycles. The van der Waals surface area contributed by atoms with Crippen LogP contribution in [-0.4, -0.2) is 25.7 Å². The molecule has 0 saturated carbocycles. The van der Waals surface area contributed by atoms with Gasteiger partial charge in [-0.05, 0) is 48.1 Å². The Labute approximate surface area is 155 Å². The number of benzene rings is 2. The Hall–Kier alpha value is -2.49. The van der Waals surface area contributed by atoms with Gasteiger partial charge in [0, 0.05) is 12.5 Å². The number of hydrogen-bond donors (Lipinski definition) is 1. The topological polar surface area (TPSA) is 47.6 Å². The van der Waals surface area contributed by atoms with Crippen molar-refractivity contribution < 1.29 is 14.3 Å². The third kappa shape index (κ3) is 4.57. The third-order valence-electron chi connectivity index (χ3n) is 4.78. The van der Waals surface area contributed by atoms with Crippen LogP contribution in [0.4, 0.5) is 0 Å². The molecule has 0 radical (unpaired) electrons. The Kier molecular flexibility index (Phi) is 5.82. The van der Waals surface area contributed by atoms with Crippen LogP contribution in [0.25, 0.3) is 0 Å². The number of carbonyl (C=O) groups excluding carboxylic acids is 1. The van der Waals surface area contributed by atoms with Gasteiger partial charge in [0.25, 0.3) is 5.91 Å². The lowest BCUT2D eigenvalue weighted by molar-refractivity contribution is -0.123. The molecule has 4 nitrogen and oxygen atoms in total. The predicted octanol–water partition coefficient (Wildman–Crippen LogP) is 3.86. The molecule has 1 atom stereocenters. The van der Waals surface area contributed by atoms with Crippen molar-refractivity contribution in [1.29, 1.82) is 0 Å². The van der Waals surface area contributed by atoms with E-state index in [0.29, 0.717) is 25.0 Å². The van der Waals surface area contributed by atoms with Crippen molar-refractivity contribution in [3.8, 4) is 11.5 Å². The van der Waals surface area contributed by atoms with Gasteiger partial charge in [-0.15, -0.1) is 0 Å². The van der Waals surface area contributed by atoms with Crippen LogP contribution in [0.1, 0.15) is 36.5 Å². The Morgan fingerprint density at radius 3 is 2.88 bits per heavy atom. The molecule has 26 heavy (non-hydrogen) atoms. The molecule has 2 aromatic rings. The van der Waals surface area contributed by atoms with Crippen LogP contribution >= 0.6 is 0 Å². The molecule has 1 amide bonds. The minimum absolute atomic E-state index is 0.0343. The summed E-state index contributed by atoms with van der Waals surface area (Å²) < 4.78 is 11.5. The second kappa shape index (κ2) is 8.26. The first-order valence-corrected chi connectivity index (χ1v) is 9.23. The number of para-hydroxylation sites is 1. The van der Waals surface area contributed by atoms with E-state index in [1.54, 1.807) is 0 Å². The van der Waals surface area contributed by atoms with E-state index in [-0.39, 0.29) is 12.5 Å². The zero-order valence-corrected chi connectivity index (χ0v) is 15.7.